The van der Waals surface area contributed by atoms with Crippen molar-refractivity contribution in [2.45, 2.75) is 19.6 Å². The van der Waals surface area contributed by atoms with E-state index in [4.69, 9.17) is 4.74 Å². The van der Waals surface area contributed by atoms with E-state index in [1.165, 1.54) is 0 Å². The van der Waals surface area contributed by atoms with Gasteiger partial charge in [0, 0.05) is 5.56 Å². The van der Waals surface area contributed by atoms with Gasteiger partial charge in [-0.05, 0) is 12.5 Å². The van der Waals surface area contributed by atoms with Gasteiger partial charge in [0.15, 0.2) is 0 Å². The van der Waals surface area contributed by atoms with Gasteiger partial charge < -0.3 is 9.72 Å². The highest BCUT2D eigenvalue weighted by molar-refractivity contribution is 5.60. The first-order valence-electron chi connectivity index (χ1n) is 6.52. The number of aromatic nitrogens is 4. The van der Waals surface area contributed by atoms with E-state index in [9.17, 15) is 0 Å². The number of ether oxygens (including phenoxy) is 1. The molecule has 0 fully saturated rings. The summed E-state index contributed by atoms with van der Waals surface area (Å²) in [6, 6.07) is 10.1. The third-order valence-electron chi connectivity index (χ3n) is 3.21. The Bertz CT molecular complexity index is 646. The van der Waals surface area contributed by atoms with Crippen molar-refractivity contribution < 1.29 is 4.74 Å². The van der Waals surface area contributed by atoms with Gasteiger partial charge in [0.05, 0.1) is 42.8 Å². The van der Waals surface area contributed by atoms with E-state index in [2.05, 4.69) is 32.3 Å². The van der Waals surface area contributed by atoms with Crippen LogP contribution in [-0.4, -0.2) is 20.2 Å². The molecule has 0 aliphatic carbocycles. The molecule has 0 saturated heterocycles. The summed E-state index contributed by atoms with van der Waals surface area (Å²) in [5, 5.41) is 7.11. The van der Waals surface area contributed by atoms with Gasteiger partial charge in [-0.1, -0.05) is 30.3 Å². The molecule has 0 radical (unpaired) electrons. The molecule has 0 amide bonds. The smallest absolute Gasteiger partial charge is 0.0972 e. The fourth-order valence-corrected chi connectivity index (χ4v) is 2.10. The summed E-state index contributed by atoms with van der Waals surface area (Å²) in [5.41, 5.74) is 4.03. The van der Waals surface area contributed by atoms with Crippen LogP contribution < -0.4 is 0 Å². The van der Waals surface area contributed by atoms with Crippen LogP contribution in [0.2, 0.25) is 0 Å². The number of benzene rings is 1. The Hall–Kier alpha value is -2.40. The van der Waals surface area contributed by atoms with Crippen LogP contribution in [0.5, 0.6) is 0 Å². The number of hydrogen-bond acceptors (Lipinski definition) is 3. The molecule has 3 aromatic rings. The van der Waals surface area contributed by atoms with Crippen LogP contribution >= 0.6 is 0 Å². The molecule has 0 aliphatic rings. The highest BCUT2D eigenvalue weighted by Gasteiger charge is 2.15. The van der Waals surface area contributed by atoms with Crippen molar-refractivity contribution in [1.82, 2.24) is 20.2 Å². The molecule has 20 heavy (non-hydrogen) atoms. The zero-order valence-electron chi connectivity index (χ0n) is 11.2. The first-order valence-corrected chi connectivity index (χ1v) is 6.52. The molecular weight excluding hydrogens is 252 g/mol. The molecule has 3 rings (SSSR count). The summed E-state index contributed by atoms with van der Waals surface area (Å²) in [6.45, 7) is 2.58. The predicted molar refractivity (Wildman–Crippen MR) is 75.8 cm³/mol. The molecule has 5 heteroatoms. The largest absolute Gasteiger partial charge is 0.368 e. The predicted octanol–water partition coefficient (Wildman–Crippen LogP) is 3.08. The van der Waals surface area contributed by atoms with Gasteiger partial charge in [0.2, 0.25) is 0 Å². The lowest BCUT2D eigenvalue weighted by molar-refractivity contribution is 0.0501. The van der Waals surface area contributed by atoms with Crippen molar-refractivity contribution in [1.29, 1.82) is 0 Å². The number of rotatable bonds is 5. The molecule has 1 unspecified atom stereocenters. The number of imidazole rings is 1. The van der Waals surface area contributed by atoms with E-state index in [1.54, 1.807) is 18.7 Å². The summed E-state index contributed by atoms with van der Waals surface area (Å²) >= 11 is 0. The van der Waals surface area contributed by atoms with Gasteiger partial charge in [-0.2, -0.15) is 5.10 Å². The number of H-pyrrole nitrogens is 2. The third kappa shape index (κ3) is 2.62. The lowest BCUT2D eigenvalue weighted by atomic mass is 10.1. The lowest BCUT2D eigenvalue weighted by Crippen LogP contribution is -2.02. The van der Waals surface area contributed by atoms with Crippen LogP contribution in [0.3, 0.4) is 0 Å². The summed E-state index contributed by atoms with van der Waals surface area (Å²) < 4.78 is 5.91. The molecule has 2 N–H and O–H groups in total. The number of hydrogen-bond donors (Lipinski definition) is 2. The molecule has 0 spiro atoms. The molecular formula is C15H16N4O. The minimum Gasteiger partial charge on any atom is -0.368 e. The maximum absolute atomic E-state index is 5.91. The van der Waals surface area contributed by atoms with E-state index < -0.39 is 0 Å². The molecule has 5 nitrogen and oxygen atoms in total. The summed E-state index contributed by atoms with van der Waals surface area (Å²) in [5.74, 6) is 0. The second kappa shape index (κ2) is 5.71. The zero-order chi connectivity index (χ0) is 13.8. The van der Waals surface area contributed by atoms with Gasteiger partial charge in [0.25, 0.3) is 0 Å². The second-order valence-electron chi connectivity index (χ2n) is 4.60. The van der Waals surface area contributed by atoms with Gasteiger partial charge in [-0.3, -0.25) is 5.10 Å². The topological polar surface area (TPSA) is 66.6 Å². The van der Waals surface area contributed by atoms with Crippen LogP contribution in [0.4, 0.5) is 0 Å². The van der Waals surface area contributed by atoms with E-state index in [0.717, 1.165) is 22.5 Å². The van der Waals surface area contributed by atoms with Crippen molar-refractivity contribution in [3.05, 3.63) is 60.3 Å². The van der Waals surface area contributed by atoms with E-state index in [0.29, 0.717) is 6.61 Å². The van der Waals surface area contributed by atoms with Crippen LogP contribution in [0.1, 0.15) is 24.3 Å². The molecule has 2 heterocycles. The van der Waals surface area contributed by atoms with Crippen molar-refractivity contribution in [2.75, 3.05) is 0 Å². The minimum absolute atomic E-state index is 0.0731. The Kier molecular flexibility index (Phi) is 3.60. The first kappa shape index (κ1) is 12.6. The Morgan fingerprint density at radius 2 is 2.05 bits per heavy atom. The normalized spacial score (nSPS) is 12.4. The van der Waals surface area contributed by atoms with Crippen LogP contribution in [0.15, 0.2) is 49.1 Å². The number of nitrogens with zero attached hydrogens (tertiary/aromatic N) is 2. The summed E-state index contributed by atoms with van der Waals surface area (Å²) in [4.78, 5) is 7.12. The van der Waals surface area contributed by atoms with Crippen molar-refractivity contribution in [3.63, 3.8) is 0 Å². The highest BCUT2D eigenvalue weighted by atomic mass is 16.5. The Morgan fingerprint density at radius 1 is 1.20 bits per heavy atom. The van der Waals surface area contributed by atoms with Gasteiger partial charge in [0.1, 0.15) is 0 Å². The molecule has 1 aromatic carbocycles. The van der Waals surface area contributed by atoms with Crippen molar-refractivity contribution in [3.8, 4) is 11.3 Å². The maximum Gasteiger partial charge on any atom is 0.0972 e. The van der Waals surface area contributed by atoms with Crippen LogP contribution in [0.25, 0.3) is 11.3 Å². The molecule has 2 aromatic heterocycles. The standard InChI is InChI=1S/C15H16N4O/c1-11(20-9-12-5-3-2-4-6-12)15-13(7-18-19-15)14-8-16-10-17-14/h2-8,10-11H,9H2,1H3,(H,16,17)(H,18,19). The Balaban J connectivity index is 1.72. The Labute approximate surface area is 117 Å². The quantitative estimate of drug-likeness (QED) is 0.747. The Morgan fingerprint density at radius 3 is 2.80 bits per heavy atom. The average molecular weight is 268 g/mol. The lowest BCUT2D eigenvalue weighted by Gasteiger charge is -2.13. The van der Waals surface area contributed by atoms with Gasteiger partial charge in [-0.25, -0.2) is 4.98 Å². The monoisotopic (exact) mass is 268 g/mol. The van der Waals surface area contributed by atoms with E-state index in [-0.39, 0.29) is 6.10 Å². The van der Waals surface area contributed by atoms with Crippen molar-refractivity contribution >= 4 is 0 Å². The molecule has 0 bridgehead atoms. The molecule has 1 atom stereocenters. The summed E-state index contributed by atoms with van der Waals surface area (Å²) in [6.07, 6.45) is 5.14. The fraction of sp³-hybridized carbons (Fsp3) is 0.200. The highest BCUT2D eigenvalue weighted by Crippen LogP contribution is 2.26. The zero-order valence-corrected chi connectivity index (χ0v) is 11.2. The second-order valence-corrected chi connectivity index (χ2v) is 4.60. The fourth-order valence-electron chi connectivity index (χ4n) is 2.10. The van der Waals surface area contributed by atoms with Crippen LogP contribution in [-0.2, 0) is 11.3 Å². The van der Waals surface area contributed by atoms with E-state index in [1.807, 2.05) is 25.1 Å². The van der Waals surface area contributed by atoms with Crippen LogP contribution in [0, 0.1) is 0 Å². The number of nitrogens with one attached hydrogen (secondary N) is 2. The summed E-state index contributed by atoms with van der Waals surface area (Å²) in [7, 11) is 0. The first-order chi connectivity index (χ1) is 9.84. The molecule has 102 valence electrons. The maximum atomic E-state index is 5.91. The molecule has 0 aliphatic heterocycles. The van der Waals surface area contributed by atoms with E-state index >= 15 is 0 Å². The van der Waals surface area contributed by atoms with Gasteiger partial charge in [-0.15, -0.1) is 0 Å². The molecule has 0 saturated carbocycles. The average Bonchev–Trinajstić information content (AvgIpc) is 3.15. The van der Waals surface area contributed by atoms with Crippen molar-refractivity contribution in [2.24, 2.45) is 0 Å². The SMILES string of the molecule is CC(OCc1ccccc1)c1[nH]ncc1-c1cnc[nH]1. The number of aromatic amines is 2. The third-order valence-corrected chi connectivity index (χ3v) is 3.21. The minimum atomic E-state index is -0.0731. The van der Waals surface area contributed by atoms with Gasteiger partial charge >= 0.3 is 0 Å².